The van der Waals surface area contributed by atoms with Crippen LogP contribution in [0.2, 0.25) is 0 Å². The molecule has 0 amide bonds. The number of aliphatic hydroxyl groups is 4. The molecule has 4 atom stereocenters. The fourth-order valence-electron chi connectivity index (χ4n) is 6.69. The molecule has 0 radical (unpaired) electrons. The van der Waals surface area contributed by atoms with E-state index in [4.69, 9.17) is 39.4 Å². The van der Waals surface area contributed by atoms with Crippen molar-refractivity contribution in [3.8, 4) is 0 Å². The van der Waals surface area contributed by atoms with Crippen molar-refractivity contribution in [2.75, 3.05) is 26.4 Å². The number of carbonyl (C=O) groups excluding carboxylic acids is 3. The second-order valence-electron chi connectivity index (χ2n) is 15.8. The van der Waals surface area contributed by atoms with E-state index >= 15 is 0 Å². The van der Waals surface area contributed by atoms with Crippen LogP contribution in [0, 0.1) is 0 Å². The van der Waals surface area contributed by atoms with Crippen LogP contribution in [0.5, 0.6) is 0 Å². The molecular formula is C45H86O11. The highest BCUT2D eigenvalue weighted by molar-refractivity contribution is 5.71. The summed E-state index contributed by atoms with van der Waals surface area (Å²) in [4.78, 5) is 37.3. The van der Waals surface area contributed by atoms with Gasteiger partial charge < -0.3 is 39.4 Å². The second-order valence-corrected chi connectivity index (χ2v) is 15.8. The highest BCUT2D eigenvalue weighted by Gasteiger charge is 2.38. The lowest BCUT2D eigenvalue weighted by Crippen LogP contribution is -2.40. The molecule has 332 valence electrons. The first-order valence-corrected chi connectivity index (χ1v) is 23.0. The molecule has 0 saturated carbocycles. The third-order valence-electron chi connectivity index (χ3n) is 10.4. The maximum absolute atomic E-state index is 12.6. The molecule has 0 aromatic rings. The van der Waals surface area contributed by atoms with Crippen LogP contribution in [0.3, 0.4) is 0 Å². The van der Waals surface area contributed by atoms with Crippen molar-refractivity contribution >= 4 is 17.9 Å². The van der Waals surface area contributed by atoms with E-state index in [0.29, 0.717) is 19.3 Å². The Morgan fingerprint density at radius 2 is 0.857 bits per heavy atom. The summed E-state index contributed by atoms with van der Waals surface area (Å²) >= 11 is 0. The van der Waals surface area contributed by atoms with Crippen LogP contribution < -0.4 is 0 Å². The zero-order chi connectivity index (χ0) is 41.5. The lowest BCUT2D eigenvalue weighted by molar-refractivity contribution is -0.167. The Bertz CT molecular complexity index is 863. The van der Waals surface area contributed by atoms with Gasteiger partial charge in [0.25, 0.3) is 0 Å². The fourth-order valence-corrected chi connectivity index (χ4v) is 6.69. The normalized spacial score (nSPS) is 17.0. The third kappa shape index (κ3) is 33.2. The number of ether oxygens (including phenoxy) is 4. The van der Waals surface area contributed by atoms with E-state index in [-0.39, 0.29) is 37.7 Å². The predicted molar refractivity (Wildman–Crippen MR) is 222 cm³/mol. The van der Waals surface area contributed by atoms with Gasteiger partial charge in [-0.05, 0) is 19.3 Å². The van der Waals surface area contributed by atoms with Gasteiger partial charge in [0.2, 0.25) is 0 Å². The zero-order valence-corrected chi connectivity index (χ0v) is 36.1. The van der Waals surface area contributed by atoms with Crippen LogP contribution in [-0.4, -0.2) is 95.3 Å². The Morgan fingerprint density at radius 3 is 1.16 bits per heavy atom. The average molecular weight is 803 g/mol. The molecule has 0 bridgehead atoms. The summed E-state index contributed by atoms with van der Waals surface area (Å²) in [5.41, 5.74) is 0. The quantitative estimate of drug-likeness (QED) is 0.0268. The minimum atomic E-state index is -1.12. The predicted octanol–water partition coefficient (Wildman–Crippen LogP) is 9.21. The Morgan fingerprint density at radius 1 is 0.536 bits per heavy atom. The minimum absolute atomic E-state index is 0.00287. The summed E-state index contributed by atoms with van der Waals surface area (Å²) in [5.74, 6) is -0.870. The van der Waals surface area contributed by atoms with Crippen LogP contribution in [0.1, 0.15) is 213 Å². The van der Waals surface area contributed by atoms with Gasteiger partial charge in [-0.1, -0.05) is 175 Å². The Balaban J connectivity index is 0.00000233. The zero-order valence-electron chi connectivity index (χ0n) is 36.1. The maximum atomic E-state index is 12.6. The summed E-state index contributed by atoms with van der Waals surface area (Å²) in [5, 5.41) is 35.5. The van der Waals surface area contributed by atoms with Gasteiger partial charge in [0.1, 0.15) is 37.6 Å². The summed E-state index contributed by atoms with van der Waals surface area (Å²) in [6.45, 7) is 6.09. The van der Waals surface area contributed by atoms with Gasteiger partial charge in [-0.25, -0.2) is 0 Å². The number of rotatable bonds is 37. The van der Waals surface area contributed by atoms with E-state index < -0.39 is 37.1 Å². The number of carbonyl (C=O) groups is 3. The van der Waals surface area contributed by atoms with E-state index in [1.165, 1.54) is 116 Å². The molecule has 1 aliphatic heterocycles. The lowest BCUT2D eigenvalue weighted by atomic mass is 10.1. The van der Waals surface area contributed by atoms with Gasteiger partial charge in [0.05, 0.1) is 13.2 Å². The first-order valence-electron chi connectivity index (χ1n) is 23.0. The van der Waals surface area contributed by atoms with Crippen LogP contribution in [-0.2, 0) is 33.3 Å². The summed E-state index contributed by atoms with van der Waals surface area (Å²) < 4.78 is 21.4. The van der Waals surface area contributed by atoms with E-state index in [0.717, 1.165) is 57.8 Å². The van der Waals surface area contributed by atoms with Crippen molar-refractivity contribution in [1.82, 2.24) is 0 Å². The smallest absolute Gasteiger partial charge is 0.306 e. The Labute approximate surface area is 341 Å². The number of aliphatic hydroxyl groups excluding tert-OH is 4. The molecule has 1 unspecified atom stereocenters. The second kappa shape index (κ2) is 40.0. The van der Waals surface area contributed by atoms with Crippen molar-refractivity contribution in [2.24, 2.45) is 0 Å². The number of esters is 3. The highest BCUT2D eigenvalue weighted by atomic mass is 16.6. The van der Waals surface area contributed by atoms with Crippen molar-refractivity contribution in [3.05, 3.63) is 0 Å². The molecule has 0 aromatic heterocycles. The van der Waals surface area contributed by atoms with Crippen molar-refractivity contribution in [1.29, 1.82) is 0 Å². The third-order valence-corrected chi connectivity index (χ3v) is 10.4. The summed E-state index contributed by atoms with van der Waals surface area (Å²) in [7, 11) is 0. The molecule has 4 N–H and O–H groups in total. The Hall–Kier alpha value is -1.79. The maximum Gasteiger partial charge on any atom is 0.306 e. The molecule has 56 heavy (non-hydrogen) atoms. The van der Waals surface area contributed by atoms with Gasteiger partial charge in [0, 0.05) is 19.3 Å². The van der Waals surface area contributed by atoms with Crippen LogP contribution in [0.25, 0.3) is 0 Å². The van der Waals surface area contributed by atoms with Gasteiger partial charge in [-0.15, -0.1) is 0 Å². The topological polar surface area (TPSA) is 169 Å². The molecule has 0 aromatic carbocycles. The largest absolute Gasteiger partial charge is 0.462 e. The van der Waals surface area contributed by atoms with Gasteiger partial charge >= 0.3 is 17.9 Å². The van der Waals surface area contributed by atoms with Crippen molar-refractivity contribution in [2.45, 2.75) is 244 Å². The number of hydrogen-bond donors (Lipinski definition) is 4. The molecule has 1 aliphatic rings. The van der Waals surface area contributed by atoms with Gasteiger partial charge in [0.15, 0.2) is 6.10 Å². The molecule has 1 fully saturated rings. The molecule has 1 heterocycles. The molecular weight excluding hydrogens is 716 g/mol. The van der Waals surface area contributed by atoms with E-state index in [9.17, 15) is 14.4 Å². The molecule has 1 saturated heterocycles. The van der Waals surface area contributed by atoms with Crippen LogP contribution in [0.15, 0.2) is 0 Å². The highest BCUT2D eigenvalue weighted by Crippen LogP contribution is 2.17. The van der Waals surface area contributed by atoms with E-state index in [1.54, 1.807) is 0 Å². The molecule has 0 aliphatic carbocycles. The molecule has 0 spiro atoms. The SMILES string of the molecule is CCCCCCCCCCCC(=O)OCC(COC(=O)CCCCCCCCCCC)OC(=O)CCCCCCCCCCC.OCC(O)[C@H]1OC[C@H](O)[C@H]1O. The number of unbranched alkanes of at least 4 members (excludes halogenated alkanes) is 24. The summed E-state index contributed by atoms with van der Waals surface area (Å²) in [6.07, 6.45) is 28.3. The first-order chi connectivity index (χ1) is 27.2. The number of hydrogen-bond acceptors (Lipinski definition) is 11. The fraction of sp³-hybridized carbons (Fsp3) is 0.933. The summed E-state index contributed by atoms with van der Waals surface area (Å²) in [6, 6.07) is 0. The van der Waals surface area contributed by atoms with Crippen LogP contribution >= 0.6 is 0 Å². The molecule has 11 heteroatoms. The van der Waals surface area contributed by atoms with E-state index in [1.807, 2.05) is 0 Å². The first kappa shape index (κ1) is 54.2. The molecule has 1 rings (SSSR count). The Kier molecular flexibility index (Phi) is 38.7. The van der Waals surface area contributed by atoms with Gasteiger partial charge in [-0.3, -0.25) is 14.4 Å². The standard InChI is InChI=1S/C39H74O6.C6H12O5/c1-4-7-10-13-16-19-22-25-28-31-37(40)43-34-36(45-39(42)33-30-27-24-21-18-15-12-9-6-3)35-44-38(41)32-29-26-23-20-17-14-11-8-5-2;7-1-3(8)6-5(10)4(9)2-11-6/h36H,4-35H2,1-3H3;3-10H,1-2H2/t;3?,4-,5+,6+/m.0/s1. The van der Waals surface area contributed by atoms with Gasteiger partial charge in [-0.2, -0.15) is 0 Å². The minimum Gasteiger partial charge on any atom is -0.462 e. The average Bonchev–Trinajstić information content (AvgIpc) is 3.53. The van der Waals surface area contributed by atoms with Crippen molar-refractivity contribution in [3.63, 3.8) is 0 Å². The van der Waals surface area contributed by atoms with Crippen LogP contribution in [0.4, 0.5) is 0 Å². The molecule has 11 nitrogen and oxygen atoms in total. The van der Waals surface area contributed by atoms with Crippen molar-refractivity contribution < 1.29 is 53.8 Å². The monoisotopic (exact) mass is 803 g/mol. The lowest BCUT2D eigenvalue weighted by Gasteiger charge is -2.18. The van der Waals surface area contributed by atoms with E-state index in [2.05, 4.69) is 20.8 Å².